The summed E-state index contributed by atoms with van der Waals surface area (Å²) in [7, 11) is 0. The Morgan fingerprint density at radius 2 is 1.91 bits per heavy atom. The minimum absolute atomic E-state index is 0.121. The molecule has 0 bridgehead atoms. The summed E-state index contributed by atoms with van der Waals surface area (Å²) in [4.78, 5) is 0. The van der Waals surface area contributed by atoms with Gasteiger partial charge in [-0.25, -0.2) is 0 Å². The number of alkyl halides is 3. The van der Waals surface area contributed by atoms with Crippen LogP contribution in [-0.2, 0) is 4.74 Å². The molecule has 0 rings (SSSR count). The summed E-state index contributed by atoms with van der Waals surface area (Å²) in [6, 6.07) is -0.121. The van der Waals surface area contributed by atoms with Gasteiger partial charge in [0.25, 0.3) is 0 Å². The summed E-state index contributed by atoms with van der Waals surface area (Å²) in [6.45, 7) is 6.40. The summed E-state index contributed by atoms with van der Waals surface area (Å²) in [5.41, 5.74) is 0. The van der Waals surface area contributed by atoms with E-state index in [1.54, 1.807) is 13.8 Å². The Morgan fingerprint density at radius 1 is 1.45 bits per heavy atom. The van der Waals surface area contributed by atoms with Crippen molar-refractivity contribution in [3.63, 3.8) is 0 Å². The normalized spacial score (nSPS) is 11.5. The van der Waals surface area contributed by atoms with E-state index in [1.165, 1.54) is 0 Å². The van der Waals surface area contributed by atoms with Gasteiger partial charge in [-0.05, 0) is 20.4 Å². The maximum atomic E-state index is 11.4. The van der Waals surface area contributed by atoms with Crippen LogP contribution in [0.4, 0.5) is 13.2 Å². The van der Waals surface area contributed by atoms with Gasteiger partial charge >= 0.3 is 6.36 Å². The Morgan fingerprint density at radius 3 is 2.18 bits per heavy atom. The van der Waals surface area contributed by atoms with E-state index in [0.717, 1.165) is 0 Å². The summed E-state index contributed by atoms with van der Waals surface area (Å²) in [5.74, 6) is -0.479. The fourth-order valence-corrected chi connectivity index (χ4v) is 0.491. The number of ether oxygens (including phenoxy) is 1. The lowest BCUT2D eigenvalue weighted by atomic mass is 10.4. The van der Waals surface area contributed by atoms with Crippen LogP contribution in [-0.4, -0.2) is 12.4 Å². The first-order valence-electron chi connectivity index (χ1n) is 3.02. The lowest BCUT2D eigenvalue weighted by Gasteiger charge is -2.14. The Bertz CT molecular complexity index is 141. The van der Waals surface area contributed by atoms with Gasteiger partial charge in [0, 0.05) is 6.04 Å². The van der Waals surface area contributed by atoms with E-state index in [9.17, 15) is 13.2 Å². The van der Waals surface area contributed by atoms with Crippen molar-refractivity contribution in [1.29, 1.82) is 0 Å². The van der Waals surface area contributed by atoms with Crippen LogP contribution in [0.5, 0.6) is 0 Å². The van der Waals surface area contributed by atoms with E-state index >= 15 is 0 Å². The van der Waals surface area contributed by atoms with Crippen molar-refractivity contribution < 1.29 is 17.9 Å². The molecule has 0 saturated carbocycles. The lowest BCUT2D eigenvalue weighted by Crippen LogP contribution is -2.27. The van der Waals surface area contributed by atoms with Crippen molar-refractivity contribution >= 4 is 0 Å². The molecule has 0 aromatic heterocycles. The van der Waals surface area contributed by atoms with Crippen LogP contribution >= 0.6 is 0 Å². The van der Waals surface area contributed by atoms with Crippen molar-refractivity contribution in [2.75, 3.05) is 0 Å². The number of hydrogen-bond donors (Lipinski definition) is 1. The number of rotatable bonds is 3. The zero-order chi connectivity index (χ0) is 9.07. The molecule has 0 aliphatic rings. The third-order valence-corrected chi connectivity index (χ3v) is 0.689. The molecule has 5 heteroatoms. The molecule has 11 heavy (non-hydrogen) atoms. The van der Waals surface area contributed by atoms with Crippen LogP contribution in [0.1, 0.15) is 13.8 Å². The molecule has 0 heterocycles. The fourth-order valence-electron chi connectivity index (χ4n) is 0.491. The van der Waals surface area contributed by atoms with Crippen molar-refractivity contribution in [2.24, 2.45) is 0 Å². The van der Waals surface area contributed by atoms with Gasteiger partial charge in [-0.2, -0.15) is 0 Å². The van der Waals surface area contributed by atoms with Crippen LogP contribution in [0.25, 0.3) is 0 Å². The molecule has 0 saturated heterocycles. The first-order valence-corrected chi connectivity index (χ1v) is 3.02. The molecular weight excluding hydrogens is 159 g/mol. The maximum Gasteiger partial charge on any atom is 0.574 e. The van der Waals surface area contributed by atoms with Gasteiger partial charge < -0.3 is 10.1 Å². The van der Waals surface area contributed by atoms with Gasteiger partial charge in [-0.15, -0.1) is 13.2 Å². The smallest absolute Gasteiger partial charge is 0.391 e. The van der Waals surface area contributed by atoms with Crippen LogP contribution in [0, 0.1) is 0 Å². The molecule has 0 spiro atoms. The van der Waals surface area contributed by atoms with Gasteiger partial charge in [0.2, 0.25) is 0 Å². The highest BCUT2D eigenvalue weighted by molar-refractivity contribution is 4.80. The average Bonchev–Trinajstić information content (AvgIpc) is 1.53. The standard InChI is InChI=1S/C6H10F3NO/c1-4(2)10-5(3)11-6(7,8)9/h4,10H,3H2,1-2H3. The highest BCUT2D eigenvalue weighted by Crippen LogP contribution is 2.18. The van der Waals surface area contributed by atoms with E-state index in [1.807, 2.05) is 0 Å². The maximum absolute atomic E-state index is 11.4. The van der Waals surface area contributed by atoms with Gasteiger partial charge in [0.05, 0.1) is 0 Å². The van der Waals surface area contributed by atoms with Crippen molar-refractivity contribution in [2.45, 2.75) is 26.3 Å². The summed E-state index contributed by atoms with van der Waals surface area (Å²) in [6.07, 6.45) is -4.65. The summed E-state index contributed by atoms with van der Waals surface area (Å²) in [5, 5.41) is 2.36. The number of nitrogens with one attached hydrogen (secondary N) is 1. The molecule has 0 amide bonds. The highest BCUT2D eigenvalue weighted by Gasteiger charge is 2.31. The predicted octanol–water partition coefficient (Wildman–Crippen LogP) is 1.99. The minimum Gasteiger partial charge on any atom is -0.391 e. The van der Waals surface area contributed by atoms with E-state index in [2.05, 4.69) is 16.6 Å². The average molecular weight is 169 g/mol. The second kappa shape index (κ2) is 3.50. The topological polar surface area (TPSA) is 21.3 Å². The second-order valence-electron chi connectivity index (χ2n) is 2.27. The Hall–Kier alpha value is -0.870. The zero-order valence-corrected chi connectivity index (χ0v) is 6.33. The molecule has 0 aromatic rings. The van der Waals surface area contributed by atoms with Crippen LogP contribution < -0.4 is 5.32 Å². The predicted molar refractivity (Wildman–Crippen MR) is 34.6 cm³/mol. The molecule has 0 atom stereocenters. The molecule has 66 valence electrons. The monoisotopic (exact) mass is 169 g/mol. The van der Waals surface area contributed by atoms with Gasteiger partial charge in [0.1, 0.15) is 0 Å². The molecule has 2 nitrogen and oxygen atoms in total. The van der Waals surface area contributed by atoms with E-state index in [-0.39, 0.29) is 6.04 Å². The summed E-state index contributed by atoms with van der Waals surface area (Å²) < 4.78 is 37.7. The molecule has 0 aromatic carbocycles. The Labute approximate surface area is 63.0 Å². The third kappa shape index (κ3) is 7.02. The Balaban J connectivity index is 3.71. The highest BCUT2D eigenvalue weighted by atomic mass is 19.4. The molecule has 0 fully saturated rings. The molecule has 0 radical (unpaired) electrons. The molecule has 0 aliphatic carbocycles. The molecule has 0 aliphatic heterocycles. The van der Waals surface area contributed by atoms with Crippen molar-refractivity contribution in [3.8, 4) is 0 Å². The van der Waals surface area contributed by atoms with E-state index in [0.29, 0.717) is 0 Å². The zero-order valence-electron chi connectivity index (χ0n) is 6.33. The van der Waals surface area contributed by atoms with Crippen LogP contribution in [0.15, 0.2) is 12.5 Å². The largest absolute Gasteiger partial charge is 0.574 e. The first kappa shape index (κ1) is 10.1. The van der Waals surface area contributed by atoms with Gasteiger partial charge in [-0.1, -0.05) is 0 Å². The first-order chi connectivity index (χ1) is 4.81. The van der Waals surface area contributed by atoms with Crippen LogP contribution in [0.2, 0.25) is 0 Å². The quantitative estimate of drug-likeness (QED) is 0.652. The number of halogens is 3. The van der Waals surface area contributed by atoms with Gasteiger partial charge in [0.15, 0.2) is 5.88 Å². The minimum atomic E-state index is -4.65. The molecule has 1 N–H and O–H groups in total. The van der Waals surface area contributed by atoms with Crippen molar-refractivity contribution in [3.05, 3.63) is 12.5 Å². The molecule has 0 unspecified atom stereocenters. The lowest BCUT2D eigenvalue weighted by molar-refractivity contribution is -0.307. The Kier molecular flexibility index (Phi) is 3.22. The van der Waals surface area contributed by atoms with E-state index in [4.69, 9.17) is 0 Å². The number of hydrogen-bond acceptors (Lipinski definition) is 2. The fraction of sp³-hybridized carbons (Fsp3) is 0.667. The molecular formula is C6H10F3NO. The third-order valence-electron chi connectivity index (χ3n) is 0.689. The van der Waals surface area contributed by atoms with Crippen molar-refractivity contribution in [1.82, 2.24) is 5.32 Å². The SMILES string of the molecule is C=C(NC(C)C)OC(F)(F)F. The second-order valence-corrected chi connectivity index (χ2v) is 2.27. The summed E-state index contributed by atoms with van der Waals surface area (Å²) >= 11 is 0. The van der Waals surface area contributed by atoms with E-state index < -0.39 is 12.2 Å². The van der Waals surface area contributed by atoms with Crippen LogP contribution in [0.3, 0.4) is 0 Å². The van der Waals surface area contributed by atoms with Gasteiger partial charge in [-0.3, -0.25) is 0 Å².